The van der Waals surface area contributed by atoms with Gasteiger partial charge in [-0.25, -0.2) is 23.8 Å². The van der Waals surface area contributed by atoms with Crippen LogP contribution in [-0.2, 0) is 4.87 Å². The third kappa shape index (κ3) is 4.00. The number of hydrazone groups is 1. The van der Waals surface area contributed by atoms with Crippen LogP contribution in [-0.4, -0.2) is 21.6 Å². The molecule has 31 heavy (non-hydrogen) atoms. The second kappa shape index (κ2) is 8.79. The van der Waals surface area contributed by atoms with E-state index in [1.807, 2.05) is 36.4 Å². The van der Waals surface area contributed by atoms with Crippen LogP contribution in [0.15, 0.2) is 65.9 Å². The molecule has 1 aromatic heterocycles. The predicted molar refractivity (Wildman–Crippen MR) is 116 cm³/mol. The molecule has 0 saturated heterocycles. The lowest BCUT2D eigenvalue weighted by molar-refractivity contribution is 0.518. The Kier molecular flexibility index (Phi) is 5.93. The van der Waals surface area contributed by atoms with Crippen molar-refractivity contribution in [3.05, 3.63) is 89.2 Å². The summed E-state index contributed by atoms with van der Waals surface area (Å²) in [6, 6.07) is 16.3. The highest BCUT2D eigenvalue weighted by Gasteiger charge is 2.47. The summed E-state index contributed by atoms with van der Waals surface area (Å²) in [5.74, 6) is -0.950. The van der Waals surface area contributed by atoms with Gasteiger partial charge in [0.1, 0.15) is 33.3 Å². The van der Waals surface area contributed by atoms with E-state index in [9.17, 15) is 14.0 Å². The number of anilines is 1. The van der Waals surface area contributed by atoms with Crippen LogP contribution >= 0.6 is 11.8 Å². The Morgan fingerprint density at radius 3 is 2.68 bits per heavy atom. The van der Waals surface area contributed by atoms with Gasteiger partial charge >= 0.3 is 0 Å². The number of benzene rings is 2. The Morgan fingerprint density at radius 2 is 1.94 bits per heavy atom. The van der Waals surface area contributed by atoms with Gasteiger partial charge in [0.05, 0.1) is 0 Å². The minimum absolute atomic E-state index is 0.0528. The topological polar surface area (TPSA) is 91.2 Å². The second-order valence-corrected chi connectivity index (χ2v) is 8.11. The van der Waals surface area contributed by atoms with E-state index in [1.165, 1.54) is 24.0 Å². The Morgan fingerprint density at radius 1 is 1.13 bits per heavy atom. The van der Waals surface area contributed by atoms with Crippen molar-refractivity contribution in [3.63, 3.8) is 0 Å². The zero-order chi connectivity index (χ0) is 21.8. The first-order valence-electron chi connectivity index (χ1n) is 9.59. The lowest BCUT2D eigenvalue weighted by atomic mass is 10.0. The SMILES string of the molecule is N#Cc1ccnc(N2N=C(c3cc(F)ccc3F)SC2(CCCN)c2ccccc2)n1. The molecule has 0 fully saturated rings. The summed E-state index contributed by atoms with van der Waals surface area (Å²) in [4.78, 5) is 7.77. The summed E-state index contributed by atoms with van der Waals surface area (Å²) in [6.45, 7) is 0.436. The first kappa shape index (κ1) is 20.9. The average molecular weight is 436 g/mol. The van der Waals surface area contributed by atoms with Crippen LogP contribution in [0.1, 0.15) is 29.7 Å². The number of hydrogen-bond acceptors (Lipinski definition) is 7. The fraction of sp³-hybridized carbons (Fsp3) is 0.182. The minimum Gasteiger partial charge on any atom is -0.330 e. The van der Waals surface area contributed by atoms with E-state index in [2.05, 4.69) is 15.1 Å². The highest BCUT2D eigenvalue weighted by atomic mass is 32.2. The summed E-state index contributed by atoms with van der Waals surface area (Å²) in [7, 11) is 0. The highest BCUT2D eigenvalue weighted by Crippen LogP contribution is 2.51. The molecular formula is C22H18F2N6S. The van der Waals surface area contributed by atoms with Gasteiger partial charge in [-0.05, 0) is 49.2 Å². The molecule has 1 atom stereocenters. The van der Waals surface area contributed by atoms with Crippen molar-refractivity contribution in [2.75, 3.05) is 11.6 Å². The van der Waals surface area contributed by atoms with Gasteiger partial charge in [-0.15, -0.1) is 0 Å². The van der Waals surface area contributed by atoms with Gasteiger partial charge in [0.25, 0.3) is 0 Å². The first-order valence-corrected chi connectivity index (χ1v) is 10.4. The largest absolute Gasteiger partial charge is 0.330 e. The lowest BCUT2D eigenvalue weighted by Gasteiger charge is -2.35. The standard InChI is InChI=1S/C22H18F2N6S/c23-16-7-8-19(24)18(13-16)20-29-30(21-27-12-9-17(14-26)28-21)22(31-20,10-4-11-25)15-5-2-1-3-6-15/h1-3,5-9,12-13H,4,10-11,25H2. The van der Waals surface area contributed by atoms with Gasteiger partial charge in [0.2, 0.25) is 5.95 Å². The fourth-order valence-electron chi connectivity index (χ4n) is 3.41. The van der Waals surface area contributed by atoms with Crippen molar-refractivity contribution in [1.29, 1.82) is 5.26 Å². The molecule has 0 saturated carbocycles. The number of nitrogens with two attached hydrogens (primary N) is 1. The molecule has 156 valence electrons. The lowest BCUT2D eigenvalue weighted by Crippen LogP contribution is -2.39. The van der Waals surface area contributed by atoms with E-state index in [0.717, 1.165) is 23.8 Å². The molecule has 0 aliphatic carbocycles. The molecule has 1 aliphatic rings. The molecular weight excluding hydrogens is 418 g/mol. The molecule has 0 amide bonds. The summed E-state index contributed by atoms with van der Waals surface area (Å²) in [5.41, 5.74) is 6.93. The molecule has 3 aromatic rings. The Labute approximate surface area is 182 Å². The van der Waals surface area contributed by atoms with Crippen LogP contribution in [0.25, 0.3) is 0 Å². The van der Waals surface area contributed by atoms with Crippen LogP contribution in [0.3, 0.4) is 0 Å². The molecule has 6 nitrogen and oxygen atoms in total. The quantitative estimate of drug-likeness (QED) is 0.625. The molecule has 0 spiro atoms. The molecule has 1 aliphatic heterocycles. The zero-order valence-electron chi connectivity index (χ0n) is 16.4. The van der Waals surface area contributed by atoms with Crippen molar-refractivity contribution >= 4 is 22.8 Å². The van der Waals surface area contributed by atoms with Gasteiger partial charge in [0.15, 0.2) is 0 Å². The van der Waals surface area contributed by atoms with E-state index in [1.54, 1.807) is 5.01 Å². The van der Waals surface area contributed by atoms with Crippen molar-refractivity contribution in [1.82, 2.24) is 9.97 Å². The zero-order valence-corrected chi connectivity index (χ0v) is 17.2. The molecule has 1 unspecified atom stereocenters. The summed E-state index contributed by atoms with van der Waals surface area (Å²) in [5, 5.41) is 15.8. The second-order valence-electron chi connectivity index (χ2n) is 6.84. The van der Waals surface area contributed by atoms with Crippen molar-refractivity contribution in [3.8, 4) is 6.07 Å². The van der Waals surface area contributed by atoms with E-state index >= 15 is 0 Å². The number of halogens is 2. The van der Waals surface area contributed by atoms with E-state index < -0.39 is 16.5 Å². The van der Waals surface area contributed by atoms with Crippen molar-refractivity contribution in [2.24, 2.45) is 10.8 Å². The number of nitriles is 1. The van der Waals surface area contributed by atoms with Gasteiger partial charge in [0, 0.05) is 11.8 Å². The number of aromatic nitrogens is 2. The molecule has 2 heterocycles. The van der Waals surface area contributed by atoms with Gasteiger partial charge in [-0.1, -0.05) is 42.1 Å². The van der Waals surface area contributed by atoms with E-state index in [-0.39, 0.29) is 17.2 Å². The van der Waals surface area contributed by atoms with Crippen molar-refractivity contribution < 1.29 is 8.78 Å². The first-order chi connectivity index (χ1) is 15.1. The number of rotatable bonds is 6. The molecule has 9 heteroatoms. The predicted octanol–water partition coefficient (Wildman–Crippen LogP) is 4.13. The van der Waals surface area contributed by atoms with Gasteiger partial charge < -0.3 is 5.73 Å². The number of nitrogens with zero attached hydrogens (tertiary/aromatic N) is 5. The van der Waals surface area contributed by atoms with Crippen molar-refractivity contribution in [2.45, 2.75) is 17.7 Å². The third-order valence-electron chi connectivity index (χ3n) is 4.85. The normalized spacial score (nSPS) is 18.0. The van der Waals surface area contributed by atoms with Crippen LogP contribution in [0.4, 0.5) is 14.7 Å². The maximum Gasteiger partial charge on any atom is 0.249 e. The number of thioether (sulfide) groups is 1. The highest BCUT2D eigenvalue weighted by molar-refractivity contribution is 8.15. The minimum atomic E-state index is -0.844. The van der Waals surface area contributed by atoms with Crippen LogP contribution in [0, 0.1) is 23.0 Å². The smallest absolute Gasteiger partial charge is 0.249 e. The maximum absolute atomic E-state index is 14.6. The van der Waals surface area contributed by atoms with Crippen LogP contribution in [0.2, 0.25) is 0 Å². The van der Waals surface area contributed by atoms with E-state index in [0.29, 0.717) is 24.4 Å². The summed E-state index contributed by atoms with van der Waals surface area (Å²) in [6.07, 6.45) is 2.66. The Bertz CT molecular complexity index is 1160. The average Bonchev–Trinajstić information content (AvgIpc) is 3.20. The summed E-state index contributed by atoms with van der Waals surface area (Å²) < 4.78 is 28.5. The van der Waals surface area contributed by atoms with Crippen LogP contribution in [0.5, 0.6) is 0 Å². The summed E-state index contributed by atoms with van der Waals surface area (Å²) >= 11 is 1.29. The fourth-order valence-corrected chi connectivity index (χ4v) is 4.83. The van der Waals surface area contributed by atoms with Gasteiger partial charge in [-0.3, -0.25) is 0 Å². The molecule has 0 radical (unpaired) electrons. The maximum atomic E-state index is 14.6. The molecule has 4 rings (SSSR count). The Balaban J connectivity index is 1.91. The third-order valence-corrected chi connectivity index (χ3v) is 6.29. The molecule has 2 N–H and O–H groups in total. The molecule has 0 bridgehead atoms. The number of hydrogen-bond donors (Lipinski definition) is 1. The Hall–Kier alpha value is -3.35. The molecule has 2 aromatic carbocycles. The van der Waals surface area contributed by atoms with E-state index in [4.69, 9.17) is 5.73 Å². The monoisotopic (exact) mass is 436 g/mol. The van der Waals surface area contributed by atoms with Crippen LogP contribution < -0.4 is 10.7 Å². The van der Waals surface area contributed by atoms with Gasteiger partial charge in [-0.2, -0.15) is 10.4 Å².